The van der Waals surface area contributed by atoms with E-state index in [2.05, 4.69) is 5.32 Å². The minimum absolute atomic E-state index is 0.0443. The fourth-order valence-electron chi connectivity index (χ4n) is 1.95. The van der Waals surface area contributed by atoms with Gasteiger partial charge in [0.05, 0.1) is 25.8 Å². The average Bonchev–Trinajstić information content (AvgIpc) is 2.61. The third-order valence-corrected chi connectivity index (χ3v) is 3.35. The van der Waals surface area contributed by atoms with Crippen molar-refractivity contribution in [2.75, 3.05) is 25.6 Å². The van der Waals surface area contributed by atoms with E-state index >= 15 is 0 Å². The number of para-hydroxylation sites is 1. The van der Waals surface area contributed by atoms with Crippen LogP contribution in [0.5, 0.6) is 11.5 Å². The first-order valence-electron chi connectivity index (χ1n) is 7.55. The summed E-state index contributed by atoms with van der Waals surface area (Å²) in [5, 5.41) is 3.03. The van der Waals surface area contributed by atoms with Crippen LogP contribution in [-0.2, 0) is 14.3 Å². The minimum atomic E-state index is -0.524. The van der Waals surface area contributed by atoms with Crippen LogP contribution in [0.2, 0.25) is 5.02 Å². The van der Waals surface area contributed by atoms with E-state index in [1.807, 2.05) is 18.2 Å². The van der Waals surface area contributed by atoms with Gasteiger partial charge in [0, 0.05) is 5.02 Å². The maximum absolute atomic E-state index is 11.9. The van der Waals surface area contributed by atoms with Crippen molar-refractivity contribution in [1.29, 1.82) is 0 Å². The summed E-state index contributed by atoms with van der Waals surface area (Å²) in [4.78, 5) is 23.5. The molecule has 0 spiro atoms. The Hall–Kier alpha value is -2.73. The van der Waals surface area contributed by atoms with Gasteiger partial charge < -0.3 is 19.5 Å². The Morgan fingerprint density at radius 3 is 2.60 bits per heavy atom. The van der Waals surface area contributed by atoms with Crippen molar-refractivity contribution in [3.8, 4) is 11.5 Å². The van der Waals surface area contributed by atoms with Crippen LogP contribution in [0.15, 0.2) is 48.5 Å². The molecule has 0 atom stereocenters. The molecule has 0 saturated carbocycles. The van der Waals surface area contributed by atoms with Crippen molar-refractivity contribution in [3.63, 3.8) is 0 Å². The number of carbonyl (C=O) groups is 2. The number of hydrogen-bond donors (Lipinski definition) is 1. The highest BCUT2D eigenvalue weighted by Crippen LogP contribution is 2.27. The van der Waals surface area contributed by atoms with Crippen molar-refractivity contribution in [2.45, 2.75) is 6.42 Å². The second-order valence-electron chi connectivity index (χ2n) is 4.96. The lowest BCUT2D eigenvalue weighted by Crippen LogP contribution is -2.22. The van der Waals surface area contributed by atoms with Crippen LogP contribution in [-0.4, -0.2) is 32.2 Å². The van der Waals surface area contributed by atoms with Gasteiger partial charge in [-0.1, -0.05) is 29.8 Å². The number of hydrogen-bond acceptors (Lipinski definition) is 5. The Morgan fingerprint density at radius 2 is 1.88 bits per heavy atom. The zero-order valence-electron chi connectivity index (χ0n) is 13.7. The van der Waals surface area contributed by atoms with Crippen LogP contribution < -0.4 is 14.8 Å². The average molecular weight is 364 g/mol. The molecule has 0 bridgehead atoms. The zero-order valence-corrected chi connectivity index (χ0v) is 14.4. The van der Waals surface area contributed by atoms with Crippen LogP contribution in [0, 0.1) is 0 Å². The van der Waals surface area contributed by atoms with Gasteiger partial charge in [0.25, 0.3) is 5.91 Å². The van der Waals surface area contributed by atoms with Gasteiger partial charge in [0.1, 0.15) is 11.5 Å². The third kappa shape index (κ3) is 6.35. The van der Waals surface area contributed by atoms with Crippen LogP contribution in [0.1, 0.15) is 6.42 Å². The van der Waals surface area contributed by atoms with Crippen molar-refractivity contribution in [2.24, 2.45) is 0 Å². The molecule has 0 aliphatic rings. The molecule has 0 heterocycles. The van der Waals surface area contributed by atoms with Crippen LogP contribution in [0.4, 0.5) is 5.69 Å². The van der Waals surface area contributed by atoms with E-state index in [0.29, 0.717) is 22.2 Å². The Bertz CT molecular complexity index is 721. The molecule has 0 aliphatic heterocycles. The Morgan fingerprint density at radius 1 is 1.12 bits per heavy atom. The highest BCUT2D eigenvalue weighted by molar-refractivity contribution is 6.31. The van der Waals surface area contributed by atoms with E-state index in [-0.39, 0.29) is 13.0 Å². The van der Waals surface area contributed by atoms with Crippen LogP contribution in [0.3, 0.4) is 0 Å². The second-order valence-corrected chi connectivity index (χ2v) is 5.40. The minimum Gasteiger partial charge on any atom is -0.495 e. The van der Waals surface area contributed by atoms with E-state index < -0.39 is 18.5 Å². The summed E-state index contributed by atoms with van der Waals surface area (Å²) in [6, 6.07) is 13.9. The standard InChI is InChI=1S/C18H18ClNO5/c1-23-16-8-7-13(19)11-15(16)20-17(21)12-25-18(22)9-10-24-14-5-3-2-4-6-14/h2-8,11H,9-10,12H2,1H3,(H,20,21). The lowest BCUT2D eigenvalue weighted by Gasteiger charge is -2.11. The van der Waals surface area contributed by atoms with Gasteiger partial charge >= 0.3 is 5.97 Å². The lowest BCUT2D eigenvalue weighted by molar-refractivity contribution is -0.147. The molecule has 0 aliphatic carbocycles. The van der Waals surface area contributed by atoms with Crippen LogP contribution >= 0.6 is 11.6 Å². The van der Waals surface area contributed by atoms with E-state index in [4.69, 9.17) is 25.8 Å². The molecule has 1 N–H and O–H groups in total. The molecule has 2 aromatic rings. The highest BCUT2D eigenvalue weighted by Gasteiger charge is 2.11. The number of anilines is 1. The van der Waals surface area contributed by atoms with Crippen molar-refractivity contribution < 1.29 is 23.8 Å². The maximum atomic E-state index is 11.9. The molecule has 0 saturated heterocycles. The second kappa shape index (κ2) is 9.54. The number of carbonyl (C=O) groups excluding carboxylic acids is 2. The van der Waals surface area contributed by atoms with Gasteiger partial charge in [-0.15, -0.1) is 0 Å². The predicted molar refractivity (Wildman–Crippen MR) is 94.1 cm³/mol. The SMILES string of the molecule is COc1ccc(Cl)cc1NC(=O)COC(=O)CCOc1ccccc1. The monoisotopic (exact) mass is 363 g/mol. The molecular weight excluding hydrogens is 346 g/mol. The molecule has 0 unspecified atom stereocenters. The normalized spacial score (nSPS) is 10.0. The Labute approximate surface area is 150 Å². The summed E-state index contributed by atoms with van der Waals surface area (Å²) in [5.41, 5.74) is 0.406. The number of methoxy groups -OCH3 is 1. The third-order valence-electron chi connectivity index (χ3n) is 3.12. The first kappa shape index (κ1) is 18.6. The molecule has 2 rings (SSSR count). The van der Waals surface area contributed by atoms with Gasteiger partial charge in [-0.25, -0.2) is 0 Å². The predicted octanol–water partition coefficient (Wildman–Crippen LogP) is 3.30. The quantitative estimate of drug-likeness (QED) is 0.728. The first-order valence-corrected chi connectivity index (χ1v) is 7.93. The summed E-state index contributed by atoms with van der Waals surface area (Å²) >= 11 is 5.89. The largest absolute Gasteiger partial charge is 0.495 e. The number of ether oxygens (including phenoxy) is 3. The summed E-state index contributed by atoms with van der Waals surface area (Å²) in [5.74, 6) is 0.114. The summed E-state index contributed by atoms with van der Waals surface area (Å²) < 4.78 is 15.4. The molecule has 1 amide bonds. The Balaban J connectivity index is 1.72. The van der Waals surface area contributed by atoms with Crippen LogP contribution in [0.25, 0.3) is 0 Å². The van der Waals surface area contributed by atoms with Gasteiger partial charge in [0.15, 0.2) is 6.61 Å². The first-order chi connectivity index (χ1) is 12.1. The fraction of sp³-hybridized carbons (Fsp3) is 0.222. The van der Waals surface area contributed by atoms with Crippen molar-refractivity contribution in [3.05, 3.63) is 53.6 Å². The number of halogens is 1. The zero-order chi connectivity index (χ0) is 18.1. The topological polar surface area (TPSA) is 73.9 Å². The summed E-state index contributed by atoms with van der Waals surface area (Å²) in [7, 11) is 1.48. The number of rotatable bonds is 8. The van der Waals surface area contributed by atoms with E-state index in [1.165, 1.54) is 7.11 Å². The highest BCUT2D eigenvalue weighted by atomic mass is 35.5. The fourth-order valence-corrected chi connectivity index (χ4v) is 2.12. The summed E-state index contributed by atoms with van der Waals surface area (Å²) in [6.45, 7) is -0.230. The van der Waals surface area contributed by atoms with Crippen molar-refractivity contribution in [1.82, 2.24) is 0 Å². The van der Waals surface area contributed by atoms with Gasteiger partial charge in [-0.2, -0.15) is 0 Å². The Kier molecular flexibility index (Phi) is 7.10. The van der Waals surface area contributed by atoms with E-state index in [9.17, 15) is 9.59 Å². The molecular formula is C18H18ClNO5. The van der Waals surface area contributed by atoms with E-state index in [0.717, 1.165) is 0 Å². The number of benzene rings is 2. The maximum Gasteiger partial charge on any atom is 0.309 e. The number of amides is 1. The lowest BCUT2D eigenvalue weighted by atomic mass is 10.3. The number of nitrogens with one attached hydrogen (secondary N) is 1. The molecule has 25 heavy (non-hydrogen) atoms. The smallest absolute Gasteiger partial charge is 0.309 e. The molecule has 0 aromatic heterocycles. The van der Waals surface area contributed by atoms with Gasteiger partial charge in [0.2, 0.25) is 0 Å². The van der Waals surface area contributed by atoms with Gasteiger partial charge in [-0.3, -0.25) is 9.59 Å². The molecule has 2 aromatic carbocycles. The van der Waals surface area contributed by atoms with Gasteiger partial charge in [-0.05, 0) is 30.3 Å². The molecule has 0 radical (unpaired) electrons. The molecule has 132 valence electrons. The summed E-state index contributed by atoms with van der Waals surface area (Å²) in [6.07, 6.45) is 0.0443. The molecule has 0 fully saturated rings. The van der Waals surface area contributed by atoms with E-state index in [1.54, 1.807) is 30.3 Å². The van der Waals surface area contributed by atoms with Crippen molar-refractivity contribution >= 4 is 29.2 Å². The number of esters is 1. The molecule has 6 nitrogen and oxygen atoms in total. The molecule has 7 heteroatoms.